The molecule has 23 heavy (non-hydrogen) atoms. The molecule has 0 amide bonds. The molecule has 0 aliphatic carbocycles. The third-order valence-electron chi connectivity index (χ3n) is 3.55. The van der Waals surface area contributed by atoms with E-state index in [0.29, 0.717) is 0 Å². The monoisotopic (exact) mass is 360 g/mol. The summed E-state index contributed by atoms with van der Waals surface area (Å²) in [6.45, 7) is 0. The van der Waals surface area contributed by atoms with Crippen LogP contribution in [0.15, 0.2) is 83.3 Å². The first kappa shape index (κ1) is 15.5. The van der Waals surface area contributed by atoms with E-state index in [-0.39, 0.29) is 0 Å². The maximum atomic E-state index is 3.66. The molecule has 0 fully saturated rings. The minimum absolute atomic E-state index is 1.10. The molecular formula is C22H17Br. The summed E-state index contributed by atoms with van der Waals surface area (Å²) in [5, 5.41) is 0. The van der Waals surface area contributed by atoms with Crippen LogP contribution in [-0.2, 0) is 0 Å². The number of hydrogen-bond acceptors (Lipinski definition) is 0. The molecule has 0 heterocycles. The molecule has 0 aromatic heterocycles. The van der Waals surface area contributed by atoms with Crippen molar-refractivity contribution in [3.05, 3.63) is 106 Å². The summed E-state index contributed by atoms with van der Waals surface area (Å²) in [4.78, 5) is 0. The van der Waals surface area contributed by atoms with Gasteiger partial charge in [-0.05, 0) is 28.3 Å². The first-order chi connectivity index (χ1) is 11.3. The molecule has 0 aliphatic heterocycles. The smallest absolute Gasteiger partial charge is 0.0253 e. The number of hydrogen-bond donors (Lipinski definition) is 0. The van der Waals surface area contributed by atoms with Crippen molar-refractivity contribution in [2.45, 2.75) is 0 Å². The van der Waals surface area contributed by atoms with Crippen LogP contribution in [0.4, 0.5) is 0 Å². The molecule has 0 saturated carbocycles. The summed E-state index contributed by atoms with van der Waals surface area (Å²) < 4.78 is 1.10. The van der Waals surface area contributed by atoms with Crippen LogP contribution in [0.2, 0.25) is 0 Å². The van der Waals surface area contributed by atoms with Gasteiger partial charge in [-0.3, -0.25) is 0 Å². The van der Waals surface area contributed by atoms with Crippen LogP contribution in [-0.4, -0.2) is 0 Å². The Kier molecular flexibility index (Phi) is 5.23. The molecular weight excluding hydrogens is 344 g/mol. The normalized spacial score (nSPS) is 11.3. The summed E-state index contributed by atoms with van der Waals surface area (Å²) >= 11 is 3.66. The Morgan fingerprint density at radius 1 is 0.522 bits per heavy atom. The van der Waals surface area contributed by atoms with Crippen LogP contribution in [0, 0.1) is 0 Å². The van der Waals surface area contributed by atoms with Gasteiger partial charge in [0.25, 0.3) is 0 Å². The van der Waals surface area contributed by atoms with E-state index >= 15 is 0 Å². The van der Waals surface area contributed by atoms with E-state index in [4.69, 9.17) is 0 Å². The summed E-state index contributed by atoms with van der Waals surface area (Å²) in [5.74, 6) is 0. The Morgan fingerprint density at radius 2 is 1.04 bits per heavy atom. The standard InChI is InChI=1S/C22H17Br/c23-22-17-20(12-11-18-7-3-1-4-8-18)14-16-21(22)15-13-19-9-5-2-6-10-19/h1-17H. The predicted molar refractivity (Wildman–Crippen MR) is 105 cm³/mol. The second-order valence-electron chi connectivity index (χ2n) is 5.27. The Labute approximate surface area is 145 Å². The maximum absolute atomic E-state index is 3.66. The van der Waals surface area contributed by atoms with Gasteiger partial charge in [0.15, 0.2) is 0 Å². The molecule has 0 atom stereocenters. The van der Waals surface area contributed by atoms with Crippen molar-refractivity contribution in [2.75, 3.05) is 0 Å². The van der Waals surface area contributed by atoms with E-state index in [1.54, 1.807) is 0 Å². The Morgan fingerprint density at radius 3 is 1.61 bits per heavy atom. The van der Waals surface area contributed by atoms with Gasteiger partial charge in [-0.25, -0.2) is 0 Å². The zero-order valence-corrected chi connectivity index (χ0v) is 14.3. The number of rotatable bonds is 4. The van der Waals surface area contributed by atoms with Crippen LogP contribution in [0.3, 0.4) is 0 Å². The van der Waals surface area contributed by atoms with Gasteiger partial charge in [-0.15, -0.1) is 0 Å². The van der Waals surface area contributed by atoms with Gasteiger partial charge in [0.1, 0.15) is 0 Å². The van der Waals surface area contributed by atoms with Gasteiger partial charge in [-0.2, -0.15) is 0 Å². The van der Waals surface area contributed by atoms with Crippen molar-refractivity contribution >= 4 is 40.2 Å². The van der Waals surface area contributed by atoms with Crippen molar-refractivity contribution < 1.29 is 0 Å². The van der Waals surface area contributed by atoms with Crippen LogP contribution in [0.1, 0.15) is 22.3 Å². The third kappa shape index (κ3) is 4.54. The molecule has 1 heteroatoms. The van der Waals surface area contributed by atoms with Crippen LogP contribution in [0.5, 0.6) is 0 Å². The molecule has 3 rings (SSSR count). The Balaban J connectivity index is 1.76. The first-order valence-electron chi connectivity index (χ1n) is 7.57. The molecule has 0 nitrogen and oxygen atoms in total. The van der Waals surface area contributed by atoms with Crippen LogP contribution >= 0.6 is 15.9 Å². The van der Waals surface area contributed by atoms with Gasteiger partial charge in [0.2, 0.25) is 0 Å². The summed E-state index contributed by atoms with van der Waals surface area (Å²) in [7, 11) is 0. The van der Waals surface area contributed by atoms with Crippen molar-refractivity contribution in [1.29, 1.82) is 0 Å². The van der Waals surface area contributed by atoms with E-state index < -0.39 is 0 Å². The van der Waals surface area contributed by atoms with Crippen molar-refractivity contribution in [3.8, 4) is 0 Å². The van der Waals surface area contributed by atoms with Crippen molar-refractivity contribution in [3.63, 3.8) is 0 Å². The average Bonchev–Trinajstić information content (AvgIpc) is 2.61. The second-order valence-corrected chi connectivity index (χ2v) is 6.12. The fourth-order valence-corrected chi connectivity index (χ4v) is 2.82. The van der Waals surface area contributed by atoms with Crippen molar-refractivity contribution in [1.82, 2.24) is 0 Å². The SMILES string of the molecule is Brc1cc(C=Cc2ccccc2)ccc1C=Cc1ccccc1. The van der Waals surface area contributed by atoms with E-state index in [1.165, 1.54) is 22.3 Å². The molecule has 112 valence electrons. The quantitative estimate of drug-likeness (QED) is 0.449. The van der Waals surface area contributed by atoms with Crippen LogP contribution < -0.4 is 0 Å². The molecule has 0 bridgehead atoms. The minimum atomic E-state index is 1.10. The third-order valence-corrected chi connectivity index (χ3v) is 4.23. The van der Waals surface area contributed by atoms with Crippen molar-refractivity contribution in [2.24, 2.45) is 0 Å². The zero-order valence-electron chi connectivity index (χ0n) is 12.7. The molecule has 3 aromatic carbocycles. The summed E-state index contributed by atoms with van der Waals surface area (Å²) in [5.41, 5.74) is 4.76. The lowest BCUT2D eigenvalue weighted by atomic mass is 10.1. The molecule has 3 aromatic rings. The lowest BCUT2D eigenvalue weighted by Crippen LogP contribution is -1.79. The van der Waals surface area contributed by atoms with Gasteiger partial charge in [-0.1, -0.05) is 113 Å². The molecule has 0 saturated heterocycles. The molecule has 0 radical (unpaired) electrons. The summed E-state index contributed by atoms with van der Waals surface area (Å²) in [6.07, 6.45) is 8.51. The lowest BCUT2D eigenvalue weighted by Gasteiger charge is -2.01. The summed E-state index contributed by atoms with van der Waals surface area (Å²) in [6, 6.07) is 27.1. The Hall–Kier alpha value is -2.38. The Bertz CT molecular complexity index is 815. The van der Waals surface area contributed by atoms with Gasteiger partial charge < -0.3 is 0 Å². The number of benzene rings is 3. The fraction of sp³-hybridized carbons (Fsp3) is 0. The van der Waals surface area contributed by atoms with E-state index in [9.17, 15) is 0 Å². The zero-order chi connectivity index (χ0) is 15.9. The second kappa shape index (κ2) is 7.75. The highest BCUT2D eigenvalue weighted by atomic mass is 79.9. The highest BCUT2D eigenvalue weighted by molar-refractivity contribution is 9.10. The number of halogens is 1. The maximum Gasteiger partial charge on any atom is 0.0253 e. The van der Waals surface area contributed by atoms with E-state index in [1.807, 2.05) is 36.4 Å². The first-order valence-corrected chi connectivity index (χ1v) is 8.36. The largest absolute Gasteiger partial charge is 0.0622 e. The fourth-order valence-electron chi connectivity index (χ4n) is 2.29. The highest BCUT2D eigenvalue weighted by Gasteiger charge is 1.97. The van der Waals surface area contributed by atoms with Crippen LogP contribution in [0.25, 0.3) is 24.3 Å². The highest BCUT2D eigenvalue weighted by Crippen LogP contribution is 2.22. The van der Waals surface area contributed by atoms with Gasteiger partial charge in [0.05, 0.1) is 0 Å². The van der Waals surface area contributed by atoms with Gasteiger partial charge in [0, 0.05) is 4.47 Å². The molecule has 0 N–H and O–H groups in total. The predicted octanol–water partition coefficient (Wildman–Crippen LogP) is 6.79. The van der Waals surface area contributed by atoms with E-state index in [0.717, 1.165) is 4.47 Å². The van der Waals surface area contributed by atoms with E-state index in [2.05, 4.69) is 82.7 Å². The molecule has 0 spiro atoms. The molecule has 0 aliphatic rings. The minimum Gasteiger partial charge on any atom is -0.0622 e. The topological polar surface area (TPSA) is 0 Å². The molecule has 0 unspecified atom stereocenters. The average molecular weight is 361 g/mol. The van der Waals surface area contributed by atoms with Gasteiger partial charge >= 0.3 is 0 Å². The lowest BCUT2D eigenvalue weighted by molar-refractivity contribution is 1.57.